The normalized spacial score (nSPS) is 22.3. The molecule has 2 amide bonds. The molecule has 0 aliphatic heterocycles. The van der Waals surface area contributed by atoms with E-state index >= 15 is 0 Å². The van der Waals surface area contributed by atoms with Gasteiger partial charge in [-0.1, -0.05) is 0 Å². The molecule has 1 heterocycles. The second-order valence-electron chi connectivity index (χ2n) is 6.66. The summed E-state index contributed by atoms with van der Waals surface area (Å²) in [5.41, 5.74) is 7.24. The summed E-state index contributed by atoms with van der Waals surface area (Å²) in [5.74, 6) is 6.21. The summed E-state index contributed by atoms with van der Waals surface area (Å²) in [6, 6.07) is 6.06. The molecule has 0 unspecified atom stereocenters. The number of urea groups is 1. The zero-order valence-electron chi connectivity index (χ0n) is 13.8. The van der Waals surface area contributed by atoms with Gasteiger partial charge in [-0.3, -0.25) is 9.99 Å². The number of carbonyl (C=O) groups excluding carboxylic acids is 1. The van der Waals surface area contributed by atoms with Crippen LogP contribution in [0.15, 0.2) is 30.5 Å². The van der Waals surface area contributed by atoms with Crippen molar-refractivity contribution in [3.8, 4) is 0 Å². The molecule has 6 heteroatoms. The highest BCUT2D eigenvalue weighted by Gasteiger charge is 2.30. The van der Waals surface area contributed by atoms with E-state index in [1.807, 2.05) is 13.0 Å². The van der Waals surface area contributed by atoms with Gasteiger partial charge in [0.2, 0.25) is 0 Å². The summed E-state index contributed by atoms with van der Waals surface area (Å²) < 4.78 is 13.6. The smallest absolute Gasteiger partial charge is 0.329 e. The summed E-state index contributed by atoms with van der Waals surface area (Å²) in [5, 5.41) is 2.02. The first-order chi connectivity index (χ1) is 11.5. The molecule has 1 aliphatic rings. The molecule has 0 bridgehead atoms. The lowest BCUT2D eigenvalue weighted by molar-refractivity contribution is 0.142. The predicted molar refractivity (Wildman–Crippen MR) is 91.5 cm³/mol. The van der Waals surface area contributed by atoms with Crippen LogP contribution in [0.5, 0.6) is 0 Å². The number of fused-ring (bicyclic) bond motifs is 1. The molecule has 0 spiro atoms. The van der Waals surface area contributed by atoms with Crippen molar-refractivity contribution in [3.05, 3.63) is 41.8 Å². The van der Waals surface area contributed by atoms with Gasteiger partial charge in [-0.25, -0.2) is 15.0 Å². The van der Waals surface area contributed by atoms with Crippen LogP contribution < -0.4 is 11.6 Å². The van der Waals surface area contributed by atoms with Crippen LogP contribution in [0.4, 0.5) is 9.18 Å². The van der Waals surface area contributed by atoms with Crippen LogP contribution in [-0.2, 0) is 0 Å². The Bertz CT molecular complexity index is 743. The molecule has 1 fully saturated rings. The fourth-order valence-electron chi connectivity index (χ4n) is 3.84. The van der Waals surface area contributed by atoms with E-state index in [9.17, 15) is 9.18 Å². The second-order valence-corrected chi connectivity index (χ2v) is 6.66. The zero-order valence-corrected chi connectivity index (χ0v) is 13.8. The third-order valence-corrected chi connectivity index (χ3v) is 5.32. The minimum Gasteiger partial charge on any atom is -0.350 e. The SMILES string of the molecule is C[C@H](C1CCC(c2ccnc3ccc(F)cc23)CC1)N(N)C(N)=O. The van der Waals surface area contributed by atoms with Gasteiger partial charge >= 0.3 is 6.03 Å². The highest BCUT2D eigenvalue weighted by atomic mass is 19.1. The predicted octanol–water partition coefficient (Wildman–Crippen LogP) is 3.29. The number of benzene rings is 1. The van der Waals surface area contributed by atoms with Gasteiger partial charge in [0.25, 0.3) is 0 Å². The van der Waals surface area contributed by atoms with Crippen LogP contribution in [0.3, 0.4) is 0 Å². The van der Waals surface area contributed by atoms with Crippen molar-refractivity contribution in [2.45, 2.75) is 44.6 Å². The molecule has 0 saturated heterocycles. The average Bonchev–Trinajstić information content (AvgIpc) is 2.60. The molecule has 1 atom stereocenters. The van der Waals surface area contributed by atoms with E-state index in [0.29, 0.717) is 11.8 Å². The van der Waals surface area contributed by atoms with Crippen molar-refractivity contribution in [3.63, 3.8) is 0 Å². The molecule has 1 aromatic heterocycles. The van der Waals surface area contributed by atoms with Gasteiger partial charge < -0.3 is 5.73 Å². The van der Waals surface area contributed by atoms with Crippen molar-refractivity contribution in [1.82, 2.24) is 9.99 Å². The lowest BCUT2D eigenvalue weighted by Gasteiger charge is -2.35. The molecule has 24 heavy (non-hydrogen) atoms. The Hall–Kier alpha value is -2.21. The molecule has 1 saturated carbocycles. The number of nitrogens with zero attached hydrogens (tertiary/aromatic N) is 2. The van der Waals surface area contributed by atoms with E-state index in [2.05, 4.69) is 4.98 Å². The molecular weight excluding hydrogens is 307 g/mol. The minimum atomic E-state index is -0.597. The molecule has 1 aromatic carbocycles. The van der Waals surface area contributed by atoms with Crippen molar-refractivity contribution in [2.75, 3.05) is 0 Å². The quantitative estimate of drug-likeness (QED) is 0.514. The van der Waals surface area contributed by atoms with Crippen LogP contribution in [-0.4, -0.2) is 22.1 Å². The van der Waals surface area contributed by atoms with Gasteiger partial charge in [0.15, 0.2) is 0 Å². The fourth-order valence-corrected chi connectivity index (χ4v) is 3.84. The highest BCUT2D eigenvalue weighted by Crippen LogP contribution is 2.39. The van der Waals surface area contributed by atoms with E-state index in [-0.39, 0.29) is 11.9 Å². The standard InChI is InChI=1S/C18H23FN4O/c1-11(23(21)18(20)24)12-2-4-13(5-3-12)15-8-9-22-17-7-6-14(19)10-16(15)17/h6-13H,2-5,21H2,1H3,(H2,20,24)/t11-,12?,13?/m1/s1. The Morgan fingerprint density at radius 3 is 2.67 bits per heavy atom. The summed E-state index contributed by atoms with van der Waals surface area (Å²) in [4.78, 5) is 15.6. The van der Waals surface area contributed by atoms with E-state index in [0.717, 1.165) is 47.2 Å². The number of nitrogens with two attached hydrogens (primary N) is 2. The number of pyridine rings is 1. The first kappa shape index (κ1) is 16.6. The summed E-state index contributed by atoms with van der Waals surface area (Å²) in [6.07, 6.45) is 5.69. The number of hydrogen-bond donors (Lipinski definition) is 2. The van der Waals surface area contributed by atoms with Crippen LogP contribution >= 0.6 is 0 Å². The van der Waals surface area contributed by atoms with E-state index in [1.165, 1.54) is 6.07 Å². The number of rotatable bonds is 3. The average molecular weight is 330 g/mol. The Balaban J connectivity index is 1.76. The monoisotopic (exact) mass is 330 g/mol. The number of amides is 2. The fraction of sp³-hybridized carbons (Fsp3) is 0.444. The lowest BCUT2D eigenvalue weighted by Crippen LogP contribution is -2.50. The van der Waals surface area contributed by atoms with Crippen molar-refractivity contribution in [2.24, 2.45) is 17.5 Å². The summed E-state index contributed by atoms with van der Waals surface area (Å²) in [6.45, 7) is 1.94. The molecule has 5 nitrogen and oxygen atoms in total. The van der Waals surface area contributed by atoms with Crippen LogP contribution in [0, 0.1) is 11.7 Å². The van der Waals surface area contributed by atoms with E-state index < -0.39 is 6.03 Å². The summed E-state index contributed by atoms with van der Waals surface area (Å²) in [7, 11) is 0. The van der Waals surface area contributed by atoms with Crippen molar-refractivity contribution >= 4 is 16.9 Å². The number of aromatic nitrogens is 1. The van der Waals surface area contributed by atoms with Gasteiger partial charge in [0, 0.05) is 17.6 Å². The van der Waals surface area contributed by atoms with Gasteiger partial charge in [0.05, 0.1) is 5.52 Å². The van der Waals surface area contributed by atoms with E-state index in [1.54, 1.807) is 18.3 Å². The highest BCUT2D eigenvalue weighted by molar-refractivity contribution is 5.82. The van der Waals surface area contributed by atoms with Crippen LogP contribution in [0.2, 0.25) is 0 Å². The van der Waals surface area contributed by atoms with Gasteiger partial charge in [-0.05, 0) is 74.3 Å². The van der Waals surface area contributed by atoms with E-state index in [4.69, 9.17) is 11.6 Å². The number of carbonyl (C=O) groups is 1. The minimum absolute atomic E-state index is 0.0740. The summed E-state index contributed by atoms with van der Waals surface area (Å²) >= 11 is 0. The first-order valence-electron chi connectivity index (χ1n) is 8.35. The number of halogens is 1. The van der Waals surface area contributed by atoms with Crippen LogP contribution in [0.25, 0.3) is 10.9 Å². The number of hydrogen-bond acceptors (Lipinski definition) is 3. The van der Waals surface area contributed by atoms with Crippen molar-refractivity contribution in [1.29, 1.82) is 0 Å². The van der Waals surface area contributed by atoms with Crippen molar-refractivity contribution < 1.29 is 9.18 Å². The molecule has 1 aliphatic carbocycles. The Labute approximate surface area is 140 Å². The third kappa shape index (κ3) is 3.19. The van der Waals surface area contributed by atoms with Crippen LogP contribution in [0.1, 0.15) is 44.1 Å². The number of primary amides is 1. The van der Waals surface area contributed by atoms with Gasteiger partial charge in [-0.15, -0.1) is 0 Å². The molecule has 0 radical (unpaired) electrons. The molecule has 128 valence electrons. The van der Waals surface area contributed by atoms with Gasteiger partial charge in [0.1, 0.15) is 5.82 Å². The third-order valence-electron chi connectivity index (χ3n) is 5.32. The molecule has 4 N–H and O–H groups in total. The Morgan fingerprint density at radius 1 is 1.29 bits per heavy atom. The maximum Gasteiger partial charge on any atom is 0.329 e. The topological polar surface area (TPSA) is 85.2 Å². The lowest BCUT2D eigenvalue weighted by atomic mass is 9.75. The van der Waals surface area contributed by atoms with Gasteiger partial charge in [-0.2, -0.15) is 0 Å². The maximum absolute atomic E-state index is 13.6. The number of hydrazine groups is 1. The second kappa shape index (κ2) is 6.73. The Morgan fingerprint density at radius 2 is 2.00 bits per heavy atom. The maximum atomic E-state index is 13.6. The first-order valence-corrected chi connectivity index (χ1v) is 8.35. The molecular formula is C18H23FN4O. The Kier molecular flexibility index (Phi) is 4.66. The largest absolute Gasteiger partial charge is 0.350 e. The molecule has 3 rings (SSSR count). The molecule has 2 aromatic rings. The zero-order chi connectivity index (χ0) is 17.3.